The zero-order valence-corrected chi connectivity index (χ0v) is 18.8. The molecule has 1 fully saturated rings. The molecule has 0 spiro atoms. The molecule has 5 aromatic rings. The molecule has 2 heterocycles. The first-order chi connectivity index (χ1) is 14.4. The van der Waals surface area contributed by atoms with Crippen molar-refractivity contribution in [1.82, 2.24) is 0 Å². The van der Waals surface area contributed by atoms with E-state index in [1.54, 1.807) is 0 Å². The molecular weight excluding hydrogens is 383 g/mol. The Bertz CT molecular complexity index is 1440. The average Bonchev–Trinajstić information content (AvgIpc) is 3.21. The minimum absolute atomic E-state index is 0.131. The van der Waals surface area contributed by atoms with Gasteiger partial charge in [-0.3, -0.25) is 0 Å². The third-order valence-corrected chi connectivity index (χ3v) is 8.70. The Labute approximate surface area is 181 Å². The lowest BCUT2D eigenvalue weighted by atomic mass is 9.53. The van der Waals surface area contributed by atoms with Crippen LogP contribution in [0.2, 0.25) is 6.32 Å². The number of fused-ring (bicyclic) bond motifs is 7. The van der Waals surface area contributed by atoms with Crippen LogP contribution < -0.4 is 5.46 Å². The van der Waals surface area contributed by atoms with Gasteiger partial charge in [-0.2, -0.15) is 0 Å². The molecule has 0 aliphatic carbocycles. The molecule has 1 nitrogen and oxygen atoms in total. The molecule has 1 aliphatic heterocycles. The van der Waals surface area contributed by atoms with E-state index in [1.165, 1.54) is 47.2 Å². The van der Waals surface area contributed by atoms with E-state index in [0.717, 1.165) is 6.32 Å². The minimum atomic E-state index is -0.135. The molecule has 0 unspecified atom stereocenters. The highest BCUT2D eigenvalue weighted by Gasteiger charge is 2.50. The summed E-state index contributed by atoms with van der Waals surface area (Å²) in [6, 6.07) is 24.6. The topological polar surface area (TPSA) is 9.23 Å². The van der Waals surface area contributed by atoms with Crippen LogP contribution in [0.5, 0.6) is 0 Å². The van der Waals surface area contributed by atoms with Gasteiger partial charge in [-0.25, -0.2) is 0 Å². The van der Waals surface area contributed by atoms with Crippen molar-refractivity contribution in [3.63, 3.8) is 0 Å². The standard InChI is InChI=1S/C27H25BOS/c1-26(2)16-28(29-27(26,3)4)22-15-23-24(20-12-8-7-11-19(20)22)21-14-13-17-9-5-6-10-18(17)25(21)30-23/h5-15H,16H2,1-4H3. The van der Waals surface area contributed by atoms with E-state index in [2.05, 4.69) is 94.4 Å². The van der Waals surface area contributed by atoms with Gasteiger partial charge in [-0.1, -0.05) is 74.5 Å². The van der Waals surface area contributed by atoms with Gasteiger partial charge in [-0.15, -0.1) is 11.3 Å². The molecule has 4 aromatic carbocycles. The van der Waals surface area contributed by atoms with Crippen LogP contribution in [0.1, 0.15) is 27.7 Å². The Morgan fingerprint density at radius 3 is 2.23 bits per heavy atom. The Hall–Kier alpha value is -2.36. The van der Waals surface area contributed by atoms with E-state index in [1.807, 2.05) is 11.3 Å². The molecule has 6 rings (SSSR count). The summed E-state index contributed by atoms with van der Waals surface area (Å²) in [5.41, 5.74) is 1.35. The first kappa shape index (κ1) is 18.4. The number of benzene rings is 4. The lowest BCUT2D eigenvalue weighted by Gasteiger charge is -2.34. The van der Waals surface area contributed by atoms with Gasteiger partial charge in [0.25, 0.3) is 0 Å². The molecule has 30 heavy (non-hydrogen) atoms. The van der Waals surface area contributed by atoms with Crippen LogP contribution in [0.25, 0.3) is 41.7 Å². The summed E-state index contributed by atoms with van der Waals surface area (Å²) < 4.78 is 9.41. The molecule has 0 saturated carbocycles. The Kier molecular flexibility index (Phi) is 3.74. The summed E-state index contributed by atoms with van der Waals surface area (Å²) in [7, 11) is 0. The van der Waals surface area contributed by atoms with Crippen LogP contribution in [0, 0.1) is 5.41 Å². The van der Waals surface area contributed by atoms with Gasteiger partial charge in [0.05, 0.1) is 5.60 Å². The first-order valence-electron chi connectivity index (χ1n) is 10.8. The monoisotopic (exact) mass is 408 g/mol. The van der Waals surface area contributed by atoms with E-state index < -0.39 is 0 Å². The lowest BCUT2D eigenvalue weighted by molar-refractivity contribution is 0.0376. The van der Waals surface area contributed by atoms with Crippen molar-refractivity contribution in [2.24, 2.45) is 5.41 Å². The second-order valence-electron chi connectivity index (χ2n) is 9.85. The highest BCUT2D eigenvalue weighted by Crippen LogP contribution is 2.46. The van der Waals surface area contributed by atoms with Crippen molar-refractivity contribution in [2.75, 3.05) is 0 Å². The quantitative estimate of drug-likeness (QED) is 0.263. The molecule has 0 amide bonds. The van der Waals surface area contributed by atoms with E-state index in [9.17, 15) is 0 Å². The summed E-state index contributed by atoms with van der Waals surface area (Å²) >= 11 is 1.92. The van der Waals surface area contributed by atoms with Gasteiger partial charge in [0.2, 0.25) is 0 Å². The maximum Gasteiger partial charge on any atom is 0.328 e. The van der Waals surface area contributed by atoms with Crippen molar-refractivity contribution in [1.29, 1.82) is 0 Å². The molecular formula is C27H25BOS. The predicted octanol–water partition coefficient (Wildman–Crippen LogP) is 7.39. The Morgan fingerprint density at radius 1 is 0.800 bits per heavy atom. The van der Waals surface area contributed by atoms with Gasteiger partial charge < -0.3 is 4.65 Å². The fraction of sp³-hybridized carbons (Fsp3) is 0.259. The number of rotatable bonds is 1. The molecule has 1 aliphatic rings. The molecule has 3 heteroatoms. The van der Waals surface area contributed by atoms with Crippen LogP contribution in [0.3, 0.4) is 0 Å². The fourth-order valence-corrected chi connectivity index (χ4v) is 6.40. The van der Waals surface area contributed by atoms with Crippen LogP contribution in [0.15, 0.2) is 66.7 Å². The summed E-state index contributed by atoms with van der Waals surface area (Å²) in [5.74, 6) is 0. The first-order valence-corrected chi connectivity index (χ1v) is 11.6. The highest BCUT2D eigenvalue weighted by molar-refractivity contribution is 7.27. The third kappa shape index (κ3) is 2.46. The van der Waals surface area contributed by atoms with Crippen LogP contribution >= 0.6 is 11.3 Å². The Balaban J connectivity index is 1.69. The average molecular weight is 408 g/mol. The summed E-state index contributed by atoms with van der Waals surface area (Å²) in [4.78, 5) is 0. The third-order valence-electron chi connectivity index (χ3n) is 7.51. The van der Waals surface area contributed by atoms with Crippen molar-refractivity contribution < 1.29 is 4.65 Å². The SMILES string of the molecule is CC1(C)CB(c2cc3sc4c5ccccc5ccc4c3c3ccccc23)OC1(C)C. The highest BCUT2D eigenvalue weighted by atomic mass is 32.1. The second kappa shape index (κ2) is 6.09. The predicted molar refractivity (Wildman–Crippen MR) is 133 cm³/mol. The molecule has 0 N–H and O–H groups in total. The van der Waals surface area contributed by atoms with Crippen LogP contribution in [-0.2, 0) is 4.65 Å². The van der Waals surface area contributed by atoms with Gasteiger partial charge in [0.15, 0.2) is 0 Å². The number of thiophene rings is 1. The van der Waals surface area contributed by atoms with E-state index in [0.29, 0.717) is 0 Å². The summed E-state index contributed by atoms with van der Waals surface area (Å²) in [6.45, 7) is 9.27. The van der Waals surface area contributed by atoms with E-state index >= 15 is 0 Å². The zero-order valence-electron chi connectivity index (χ0n) is 18.0. The van der Waals surface area contributed by atoms with Crippen molar-refractivity contribution in [2.45, 2.75) is 39.6 Å². The molecule has 0 atom stereocenters. The van der Waals surface area contributed by atoms with Crippen molar-refractivity contribution in [3.05, 3.63) is 66.7 Å². The van der Waals surface area contributed by atoms with Crippen molar-refractivity contribution >= 4 is 65.4 Å². The van der Waals surface area contributed by atoms with E-state index in [-0.39, 0.29) is 17.9 Å². The Morgan fingerprint density at radius 2 is 1.50 bits per heavy atom. The molecule has 0 bridgehead atoms. The smallest absolute Gasteiger partial charge is 0.328 e. The summed E-state index contributed by atoms with van der Waals surface area (Å²) in [5, 5.41) is 8.08. The number of hydrogen-bond acceptors (Lipinski definition) is 2. The zero-order chi connectivity index (χ0) is 20.7. The van der Waals surface area contributed by atoms with Gasteiger partial charge >= 0.3 is 6.92 Å². The molecule has 148 valence electrons. The maximum absolute atomic E-state index is 6.66. The van der Waals surface area contributed by atoms with Gasteiger partial charge in [0, 0.05) is 20.2 Å². The van der Waals surface area contributed by atoms with E-state index in [4.69, 9.17) is 4.65 Å². The van der Waals surface area contributed by atoms with Crippen LogP contribution in [0.4, 0.5) is 0 Å². The number of hydrogen-bond donors (Lipinski definition) is 0. The normalized spacial score (nSPS) is 18.2. The minimum Gasteiger partial charge on any atom is -0.426 e. The van der Waals surface area contributed by atoms with Crippen molar-refractivity contribution in [3.8, 4) is 0 Å². The fourth-order valence-electron chi connectivity index (χ4n) is 5.10. The second-order valence-corrected chi connectivity index (χ2v) is 10.9. The van der Waals surface area contributed by atoms with Gasteiger partial charge in [-0.05, 0) is 58.7 Å². The van der Waals surface area contributed by atoms with Crippen LogP contribution in [-0.4, -0.2) is 12.5 Å². The lowest BCUT2D eigenvalue weighted by Crippen LogP contribution is -2.36. The largest absolute Gasteiger partial charge is 0.426 e. The molecule has 1 aromatic heterocycles. The molecule has 0 radical (unpaired) electrons. The summed E-state index contributed by atoms with van der Waals surface area (Å²) in [6.07, 6.45) is 1.04. The molecule has 1 saturated heterocycles. The van der Waals surface area contributed by atoms with Gasteiger partial charge in [0.1, 0.15) is 0 Å². The maximum atomic E-state index is 6.66.